The minimum Gasteiger partial charge on any atom is -0.390 e. The van der Waals surface area contributed by atoms with Gasteiger partial charge in [0.25, 0.3) is 5.91 Å². The number of halogens is 1. The predicted molar refractivity (Wildman–Crippen MR) is 163 cm³/mol. The molecule has 5 rings (SSSR count). The monoisotopic (exact) mass is 577 g/mol. The summed E-state index contributed by atoms with van der Waals surface area (Å²) in [6.45, 7) is 10.3. The number of nitrogens with one attached hydrogen (secondary N) is 2. The molecule has 0 atom stereocenters. The van der Waals surface area contributed by atoms with Crippen LogP contribution in [0.1, 0.15) is 88.2 Å². The van der Waals surface area contributed by atoms with E-state index in [-0.39, 0.29) is 29.8 Å². The number of amides is 2. The number of aliphatic hydroxyl groups is 1. The molecule has 1 saturated heterocycles. The number of likely N-dealkylation sites (tertiary alicyclic amines) is 1. The molecular formula is C33H44FN5O3. The minimum atomic E-state index is -0.650. The van der Waals surface area contributed by atoms with Crippen LogP contribution < -0.4 is 10.6 Å². The number of anilines is 1. The van der Waals surface area contributed by atoms with Crippen molar-refractivity contribution in [2.75, 3.05) is 18.4 Å². The average molecular weight is 578 g/mol. The van der Waals surface area contributed by atoms with E-state index in [0.29, 0.717) is 17.4 Å². The van der Waals surface area contributed by atoms with Crippen molar-refractivity contribution in [2.45, 2.75) is 90.4 Å². The van der Waals surface area contributed by atoms with E-state index >= 15 is 0 Å². The third-order valence-corrected chi connectivity index (χ3v) is 9.01. The van der Waals surface area contributed by atoms with Gasteiger partial charge in [0.1, 0.15) is 5.82 Å². The lowest BCUT2D eigenvalue weighted by Crippen LogP contribution is -2.41. The third kappa shape index (κ3) is 7.01. The molecule has 9 heteroatoms. The van der Waals surface area contributed by atoms with E-state index in [0.717, 1.165) is 69.2 Å². The first-order valence-corrected chi connectivity index (χ1v) is 15.3. The predicted octanol–water partition coefficient (Wildman–Crippen LogP) is 5.67. The number of aromatic nitrogens is 2. The maximum Gasteiger partial charge on any atom is 0.257 e. The summed E-state index contributed by atoms with van der Waals surface area (Å²) in [4.78, 5) is 32.7. The van der Waals surface area contributed by atoms with Crippen LogP contribution in [0, 0.1) is 17.7 Å². The molecule has 0 radical (unpaired) electrons. The molecule has 3 aromatic rings. The fourth-order valence-corrected chi connectivity index (χ4v) is 6.37. The molecule has 0 spiro atoms. The second kappa shape index (κ2) is 12.5. The Labute approximate surface area is 247 Å². The molecule has 3 N–H and O–H groups in total. The van der Waals surface area contributed by atoms with Gasteiger partial charge >= 0.3 is 0 Å². The van der Waals surface area contributed by atoms with Crippen LogP contribution >= 0.6 is 0 Å². The van der Waals surface area contributed by atoms with Gasteiger partial charge in [-0.05, 0) is 113 Å². The van der Waals surface area contributed by atoms with Crippen molar-refractivity contribution in [3.8, 4) is 0 Å². The maximum absolute atomic E-state index is 13.5. The van der Waals surface area contributed by atoms with Gasteiger partial charge in [0.15, 0.2) is 0 Å². The molecule has 2 amide bonds. The molecule has 226 valence electrons. The van der Waals surface area contributed by atoms with Crippen LogP contribution in [0.2, 0.25) is 0 Å². The Kier molecular flexibility index (Phi) is 8.99. The first-order valence-electron chi connectivity index (χ1n) is 15.3. The zero-order valence-corrected chi connectivity index (χ0v) is 25.2. The molecule has 2 aromatic carbocycles. The van der Waals surface area contributed by atoms with Crippen molar-refractivity contribution < 1.29 is 19.1 Å². The van der Waals surface area contributed by atoms with E-state index < -0.39 is 11.4 Å². The summed E-state index contributed by atoms with van der Waals surface area (Å²) in [6, 6.07) is 12.1. The van der Waals surface area contributed by atoms with E-state index in [2.05, 4.69) is 32.2 Å². The van der Waals surface area contributed by atoms with Crippen molar-refractivity contribution in [2.24, 2.45) is 11.8 Å². The van der Waals surface area contributed by atoms with Crippen molar-refractivity contribution in [3.05, 3.63) is 59.4 Å². The fraction of sp³-hybridized carbons (Fsp3) is 0.545. The lowest BCUT2D eigenvalue weighted by molar-refractivity contribution is -0.125. The van der Waals surface area contributed by atoms with Crippen LogP contribution in [-0.4, -0.2) is 56.1 Å². The van der Waals surface area contributed by atoms with E-state index in [4.69, 9.17) is 4.98 Å². The van der Waals surface area contributed by atoms with Crippen LogP contribution in [0.3, 0.4) is 0 Å². The summed E-state index contributed by atoms with van der Waals surface area (Å²) in [5.41, 5.74) is 2.68. The molecule has 1 saturated carbocycles. The van der Waals surface area contributed by atoms with Crippen LogP contribution in [0.15, 0.2) is 42.5 Å². The Morgan fingerprint density at radius 1 is 1.02 bits per heavy atom. The molecule has 42 heavy (non-hydrogen) atoms. The second-order valence-electron chi connectivity index (χ2n) is 13.0. The standard InChI is InChI=1S/C33H44FN5O3/c1-21(2)30(40)35-26-10-12-27(13-11-26)39-29-19-22(20-38-17-15-24(16-18-38)33(3,4)42)5-14-28(29)36-32(39)37-31(41)23-6-8-25(34)9-7-23/h5-9,14,19,21,24,26-27,42H,10-13,15-18,20H2,1-4H3,(H,35,40)(H,36,37,41). The Balaban J connectivity index is 1.38. The van der Waals surface area contributed by atoms with Gasteiger partial charge in [-0.3, -0.25) is 19.8 Å². The summed E-state index contributed by atoms with van der Waals surface area (Å²) in [6.07, 6.45) is 5.35. The topological polar surface area (TPSA) is 99.5 Å². The molecule has 1 aliphatic heterocycles. The highest BCUT2D eigenvalue weighted by molar-refractivity contribution is 6.04. The zero-order chi connectivity index (χ0) is 30.0. The Bertz CT molecular complexity index is 1400. The van der Waals surface area contributed by atoms with Gasteiger partial charge in [-0.25, -0.2) is 9.37 Å². The van der Waals surface area contributed by atoms with E-state index in [1.165, 1.54) is 29.8 Å². The molecule has 0 unspecified atom stereocenters. The molecule has 2 heterocycles. The summed E-state index contributed by atoms with van der Waals surface area (Å²) in [7, 11) is 0. The first kappa shape index (κ1) is 30.2. The summed E-state index contributed by atoms with van der Waals surface area (Å²) in [5, 5.41) is 16.6. The molecule has 1 aliphatic carbocycles. The number of carbonyl (C=O) groups excluding carboxylic acids is 2. The zero-order valence-electron chi connectivity index (χ0n) is 25.2. The summed E-state index contributed by atoms with van der Waals surface area (Å²) in [5.74, 6) is 0.0988. The SMILES string of the molecule is CC(C)C(=O)NC1CCC(n2c(NC(=O)c3ccc(F)cc3)nc3ccc(CN4CCC(C(C)(C)O)CC4)cc32)CC1. The molecular weight excluding hydrogens is 533 g/mol. The van der Waals surface area contributed by atoms with Crippen molar-refractivity contribution in [1.29, 1.82) is 0 Å². The average Bonchev–Trinajstić information content (AvgIpc) is 3.30. The largest absolute Gasteiger partial charge is 0.390 e. The Morgan fingerprint density at radius 2 is 1.69 bits per heavy atom. The summed E-state index contributed by atoms with van der Waals surface area (Å²) < 4.78 is 15.6. The Morgan fingerprint density at radius 3 is 2.31 bits per heavy atom. The molecule has 8 nitrogen and oxygen atoms in total. The third-order valence-electron chi connectivity index (χ3n) is 9.01. The highest BCUT2D eigenvalue weighted by Gasteiger charge is 2.31. The highest BCUT2D eigenvalue weighted by Crippen LogP contribution is 2.36. The van der Waals surface area contributed by atoms with Crippen LogP contribution in [0.4, 0.5) is 10.3 Å². The van der Waals surface area contributed by atoms with Gasteiger partial charge in [0.05, 0.1) is 16.6 Å². The number of rotatable bonds is 8. The van der Waals surface area contributed by atoms with Crippen LogP contribution in [-0.2, 0) is 11.3 Å². The molecule has 0 bridgehead atoms. The summed E-state index contributed by atoms with van der Waals surface area (Å²) >= 11 is 0. The number of benzene rings is 2. The van der Waals surface area contributed by atoms with Crippen molar-refractivity contribution >= 4 is 28.8 Å². The first-order chi connectivity index (χ1) is 20.0. The van der Waals surface area contributed by atoms with E-state index in [1.807, 2.05) is 33.8 Å². The van der Waals surface area contributed by atoms with Gasteiger partial charge in [-0.1, -0.05) is 19.9 Å². The number of imidazole rings is 1. The second-order valence-corrected chi connectivity index (χ2v) is 13.0. The number of nitrogens with zero attached hydrogens (tertiary/aromatic N) is 3. The maximum atomic E-state index is 13.5. The normalized spacial score (nSPS) is 20.6. The van der Waals surface area contributed by atoms with Gasteiger partial charge in [0, 0.05) is 30.1 Å². The van der Waals surface area contributed by atoms with Crippen molar-refractivity contribution in [3.63, 3.8) is 0 Å². The lowest BCUT2D eigenvalue weighted by atomic mass is 9.83. The van der Waals surface area contributed by atoms with Gasteiger partial charge in [0.2, 0.25) is 11.9 Å². The molecule has 2 fully saturated rings. The smallest absolute Gasteiger partial charge is 0.257 e. The van der Waals surface area contributed by atoms with E-state index in [9.17, 15) is 19.1 Å². The molecule has 2 aliphatic rings. The van der Waals surface area contributed by atoms with Crippen LogP contribution in [0.25, 0.3) is 11.0 Å². The van der Waals surface area contributed by atoms with Gasteiger partial charge in [-0.15, -0.1) is 0 Å². The lowest BCUT2D eigenvalue weighted by Gasteiger charge is -2.37. The fourth-order valence-electron chi connectivity index (χ4n) is 6.37. The van der Waals surface area contributed by atoms with Gasteiger partial charge in [-0.2, -0.15) is 0 Å². The number of hydrogen-bond acceptors (Lipinski definition) is 5. The van der Waals surface area contributed by atoms with Crippen LogP contribution in [0.5, 0.6) is 0 Å². The number of carbonyl (C=O) groups is 2. The Hall–Kier alpha value is -3.30. The number of hydrogen-bond donors (Lipinski definition) is 3. The quantitative estimate of drug-likeness (QED) is 0.321. The highest BCUT2D eigenvalue weighted by atomic mass is 19.1. The molecule has 1 aromatic heterocycles. The van der Waals surface area contributed by atoms with Crippen molar-refractivity contribution in [1.82, 2.24) is 19.8 Å². The van der Waals surface area contributed by atoms with Gasteiger partial charge < -0.3 is 15.0 Å². The van der Waals surface area contributed by atoms with E-state index in [1.54, 1.807) is 0 Å². The number of piperidine rings is 1. The number of fused-ring (bicyclic) bond motifs is 1. The minimum absolute atomic E-state index is 0.0482.